The van der Waals surface area contributed by atoms with Crippen LogP contribution in [-0.2, 0) is 10.3 Å². The smallest absolute Gasteiger partial charge is 0.410 e. The molecule has 0 aliphatic carbocycles. The molecule has 4 rings (SSSR count). The molecule has 3 aromatic rings. The lowest BCUT2D eigenvalue weighted by atomic mass is 10.0. The SMILES string of the molecule is CC(C)(C)OC(=O)N1CCN(c2ccc(-n3cc(NC(=O)c4cncc(C#N)c4)c(C(C)(C)O)n3)cc2)CC1. The van der Waals surface area contributed by atoms with Gasteiger partial charge in [0, 0.05) is 44.3 Å². The second kappa shape index (κ2) is 10.7. The Kier molecular flexibility index (Phi) is 7.60. The van der Waals surface area contributed by atoms with Gasteiger partial charge in [-0.05, 0) is 65.0 Å². The third kappa shape index (κ3) is 6.72. The number of ether oxygens (including phenoxy) is 1. The Labute approximate surface area is 227 Å². The van der Waals surface area contributed by atoms with Crippen molar-refractivity contribution in [2.45, 2.75) is 45.8 Å². The number of piperazine rings is 1. The number of aromatic nitrogens is 3. The monoisotopic (exact) mass is 531 g/mol. The quantitative estimate of drug-likeness (QED) is 0.509. The van der Waals surface area contributed by atoms with Gasteiger partial charge in [-0.15, -0.1) is 0 Å². The highest BCUT2D eigenvalue weighted by Crippen LogP contribution is 2.29. The molecule has 0 atom stereocenters. The summed E-state index contributed by atoms with van der Waals surface area (Å²) >= 11 is 0. The van der Waals surface area contributed by atoms with Crippen LogP contribution in [0.25, 0.3) is 5.69 Å². The normalized spacial score (nSPS) is 14.1. The lowest BCUT2D eigenvalue weighted by molar-refractivity contribution is 0.0240. The number of aliphatic hydroxyl groups is 1. The van der Waals surface area contributed by atoms with Crippen LogP contribution in [0.3, 0.4) is 0 Å². The van der Waals surface area contributed by atoms with Crippen LogP contribution < -0.4 is 10.2 Å². The molecule has 204 valence electrons. The molecule has 3 heterocycles. The highest BCUT2D eigenvalue weighted by atomic mass is 16.6. The first-order chi connectivity index (χ1) is 18.3. The zero-order valence-corrected chi connectivity index (χ0v) is 22.8. The standard InChI is InChI=1S/C28H33N7O4/c1-27(2,3)39-26(37)34-12-10-33(11-13-34)21-6-8-22(9-7-21)35-18-23(24(32-35)28(4,5)38)31-25(36)20-14-19(15-29)16-30-17-20/h6-9,14,16-18,38H,10-13H2,1-5H3,(H,31,36). The van der Waals surface area contributed by atoms with Gasteiger partial charge in [0.15, 0.2) is 0 Å². The number of hydrogen-bond acceptors (Lipinski definition) is 8. The predicted octanol–water partition coefficient (Wildman–Crippen LogP) is 3.68. The van der Waals surface area contributed by atoms with Crippen LogP contribution in [0, 0.1) is 11.3 Å². The van der Waals surface area contributed by atoms with Gasteiger partial charge >= 0.3 is 6.09 Å². The van der Waals surface area contributed by atoms with Gasteiger partial charge in [0.25, 0.3) is 5.91 Å². The fourth-order valence-corrected chi connectivity index (χ4v) is 4.16. The predicted molar refractivity (Wildman–Crippen MR) is 146 cm³/mol. The summed E-state index contributed by atoms with van der Waals surface area (Å²) in [6, 6.07) is 11.2. The molecule has 0 saturated carbocycles. The van der Waals surface area contributed by atoms with Crippen molar-refractivity contribution in [2.75, 3.05) is 36.4 Å². The number of anilines is 2. The number of benzene rings is 1. The number of nitriles is 1. The minimum atomic E-state index is -1.33. The molecule has 2 amide bonds. The van der Waals surface area contributed by atoms with E-state index in [4.69, 9.17) is 10.00 Å². The number of nitrogens with zero attached hydrogens (tertiary/aromatic N) is 6. The first-order valence-electron chi connectivity index (χ1n) is 12.7. The van der Waals surface area contributed by atoms with E-state index < -0.39 is 17.1 Å². The van der Waals surface area contributed by atoms with E-state index in [0.29, 0.717) is 37.6 Å². The van der Waals surface area contributed by atoms with Gasteiger partial charge in [0.05, 0.1) is 28.7 Å². The van der Waals surface area contributed by atoms with E-state index in [9.17, 15) is 14.7 Å². The van der Waals surface area contributed by atoms with E-state index in [0.717, 1.165) is 11.4 Å². The van der Waals surface area contributed by atoms with Gasteiger partial charge < -0.3 is 25.0 Å². The number of amides is 2. The fraction of sp³-hybridized carbons (Fsp3) is 0.393. The number of pyridine rings is 1. The second-order valence-corrected chi connectivity index (χ2v) is 10.9. The first kappa shape index (κ1) is 27.6. The molecule has 11 heteroatoms. The molecule has 0 spiro atoms. The minimum absolute atomic E-state index is 0.222. The maximum absolute atomic E-state index is 12.8. The van der Waals surface area contributed by atoms with Crippen LogP contribution in [0.4, 0.5) is 16.2 Å². The molecule has 1 saturated heterocycles. The zero-order valence-electron chi connectivity index (χ0n) is 22.8. The van der Waals surface area contributed by atoms with Crippen molar-refractivity contribution in [3.8, 4) is 11.8 Å². The Balaban J connectivity index is 1.48. The maximum atomic E-state index is 12.8. The highest BCUT2D eigenvalue weighted by Gasteiger charge is 2.28. The number of rotatable bonds is 5. The van der Waals surface area contributed by atoms with Gasteiger partial charge in [-0.3, -0.25) is 9.78 Å². The number of carbonyl (C=O) groups is 2. The Morgan fingerprint density at radius 2 is 1.67 bits per heavy atom. The molecule has 2 N–H and O–H groups in total. The van der Waals surface area contributed by atoms with Crippen molar-refractivity contribution in [1.29, 1.82) is 5.26 Å². The molecule has 1 aliphatic heterocycles. The second-order valence-electron chi connectivity index (χ2n) is 10.9. The van der Waals surface area contributed by atoms with E-state index in [1.807, 2.05) is 51.1 Å². The van der Waals surface area contributed by atoms with E-state index >= 15 is 0 Å². The topological polar surface area (TPSA) is 137 Å². The van der Waals surface area contributed by atoms with E-state index in [1.165, 1.54) is 18.5 Å². The van der Waals surface area contributed by atoms with E-state index in [-0.39, 0.29) is 17.2 Å². The Hall–Kier alpha value is -4.43. The van der Waals surface area contributed by atoms with Crippen molar-refractivity contribution in [1.82, 2.24) is 19.7 Å². The number of hydrogen-bond donors (Lipinski definition) is 2. The minimum Gasteiger partial charge on any atom is -0.444 e. The van der Waals surface area contributed by atoms with Gasteiger partial charge in [-0.1, -0.05) is 0 Å². The van der Waals surface area contributed by atoms with E-state index in [2.05, 4.69) is 20.3 Å². The molecule has 0 bridgehead atoms. The molecule has 39 heavy (non-hydrogen) atoms. The van der Waals surface area contributed by atoms with Gasteiger partial charge in [-0.25, -0.2) is 9.48 Å². The Morgan fingerprint density at radius 1 is 1.03 bits per heavy atom. The molecular weight excluding hydrogens is 498 g/mol. The largest absolute Gasteiger partial charge is 0.444 e. The maximum Gasteiger partial charge on any atom is 0.410 e. The summed E-state index contributed by atoms with van der Waals surface area (Å²) in [4.78, 5) is 33.0. The Morgan fingerprint density at radius 3 is 2.26 bits per heavy atom. The molecule has 1 aliphatic rings. The molecule has 11 nitrogen and oxygen atoms in total. The summed E-state index contributed by atoms with van der Waals surface area (Å²) < 4.78 is 7.07. The summed E-state index contributed by atoms with van der Waals surface area (Å²) in [6.45, 7) is 11.3. The van der Waals surface area contributed by atoms with Crippen LogP contribution in [0.2, 0.25) is 0 Å². The third-order valence-electron chi connectivity index (χ3n) is 6.08. The van der Waals surface area contributed by atoms with Crippen molar-refractivity contribution >= 4 is 23.4 Å². The lowest BCUT2D eigenvalue weighted by Crippen LogP contribution is -2.50. The van der Waals surface area contributed by atoms with Crippen molar-refractivity contribution in [3.63, 3.8) is 0 Å². The summed E-state index contributed by atoms with van der Waals surface area (Å²) in [5, 5.41) is 27.1. The van der Waals surface area contributed by atoms with Gasteiger partial charge in [-0.2, -0.15) is 10.4 Å². The lowest BCUT2D eigenvalue weighted by Gasteiger charge is -2.36. The molecule has 1 fully saturated rings. The van der Waals surface area contributed by atoms with Crippen LogP contribution in [0.5, 0.6) is 0 Å². The molecular formula is C28H33N7O4. The molecule has 1 aromatic carbocycles. The highest BCUT2D eigenvalue weighted by molar-refractivity contribution is 6.04. The van der Waals surface area contributed by atoms with Crippen molar-refractivity contribution < 1.29 is 19.4 Å². The average Bonchev–Trinajstić information content (AvgIpc) is 3.32. The summed E-state index contributed by atoms with van der Waals surface area (Å²) in [5.74, 6) is -0.467. The van der Waals surface area contributed by atoms with Crippen molar-refractivity contribution in [2.24, 2.45) is 0 Å². The van der Waals surface area contributed by atoms with Crippen LogP contribution in [-0.4, -0.2) is 68.6 Å². The van der Waals surface area contributed by atoms with E-state index in [1.54, 1.807) is 29.6 Å². The third-order valence-corrected chi connectivity index (χ3v) is 6.08. The van der Waals surface area contributed by atoms with Gasteiger partial charge in [0.1, 0.15) is 23.0 Å². The Bertz CT molecular complexity index is 1390. The fourth-order valence-electron chi connectivity index (χ4n) is 4.16. The van der Waals surface area contributed by atoms with Crippen LogP contribution in [0.1, 0.15) is 56.2 Å². The first-order valence-corrected chi connectivity index (χ1v) is 12.7. The summed E-state index contributed by atoms with van der Waals surface area (Å²) in [7, 11) is 0. The molecule has 0 unspecified atom stereocenters. The van der Waals surface area contributed by atoms with Gasteiger partial charge in [0.2, 0.25) is 0 Å². The van der Waals surface area contributed by atoms with Crippen LogP contribution >= 0.6 is 0 Å². The number of carbonyl (C=O) groups excluding carboxylic acids is 2. The summed E-state index contributed by atoms with van der Waals surface area (Å²) in [6.07, 6.45) is 4.09. The zero-order chi connectivity index (χ0) is 28.4. The van der Waals surface area contributed by atoms with Crippen LogP contribution in [0.15, 0.2) is 48.9 Å². The molecule has 2 aromatic heterocycles. The summed E-state index contributed by atoms with van der Waals surface area (Å²) in [5.41, 5.74) is 1.03. The van der Waals surface area contributed by atoms with Crippen molar-refractivity contribution in [3.05, 3.63) is 65.7 Å². The number of nitrogens with one attached hydrogen (secondary N) is 1. The average molecular weight is 532 g/mol. The molecule has 0 radical (unpaired) electrons.